The van der Waals surface area contributed by atoms with Crippen molar-refractivity contribution < 1.29 is 23.9 Å². The van der Waals surface area contributed by atoms with Gasteiger partial charge in [0.1, 0.15) is 12.3 Å². The van der Waals surface area contributed by atoms with Gasteiger partial charge in [-0.1, -0.05) is 32.0 Å². The lowest BCUT2D eigenvalue weighted by atomic mass is 10.0. The minimum Gasteiger partial charge on any atom is -0.494 e. The van der Waals surface area contributed by atoms with Gasteiger partial charge < -0.3 is 20.1 Å². The molecular weight excluding hydrogens is 384 g/mol. The molecule has 2 aromatic rings. The number of carbonyl (C=O) groups is 3. The molecule has 2 N–H and O–H groups in total. The largest absolute Gasteiger partial charge is 0.494 e. The molecule has 0 aliphatic rings. The SMILES string of the molecule is CCOc1ccc(C(=O)NCC(=O)OCC(=O)Nc2c(CC)cccc2CC)cc1. The summed E-state index contributed by atoms with van der Waals surface area (Å²) in [5.74, 6) is -0.861. The number of rotatable bonds is 10. The maximum Gasteiger partial charge on any atom is 0.325 e. The highest BCUT2D eigenvalue weighted by Crippen LogP contribution is 2.22. The first-order valence-electron chi connectivity index (χ1n) is 10.1. The van der Waals surface area contributed by atoms with Crippen LogP contribution in [0.5, 0.6) is 5.75 Å². The Hall–Kier alpha value is -3.35. The summed E-state index contributed by atoms with van der Waals surface area (Å²) in [5, 5.41) is 5.30. The molecule has 0 saturated heterocycles. The van der Waals surface area contributed by atoms with Crippen LogP contribution >= 0.6 is 0 Å². The molecule has 7 nitrogen and oxygen atoms in total. The number of para-hydroxylation sites is 1. The molecular formula is C23H28N2O5. The van der Waals surface area contributed by atoms with Crippen LogP contribution in [0.2, 0.25) is 0 Å². The van der Waals surface area contributed by atoms with Gasteiger partial charge in [-0.3, -0.25) is 14.4 Å². The second-order valence-corrected chi connectivity index (χ2v) is 6.51. The molecule has 0 radical (unpaired) electrons. The fourth-order valence-corrected chi connectivity index (χ4v) is 2.90. The van der Waals surface area contributed by atoms with Gasteiger partial charge in [0, 0.05) is 11.3 Å². The summed E-state index contributed by atoms with van der Waals surface area (Å²) < 4.78 is 10.3. The Bertz CT molecular complexity index is 855. The van der Waals surface area contributed by atoms with Gasteiger partial charge in [0.05, 0.1) is 6.61 Å². The van der Waals surface area contributed by atoms with Crippen molar-refractivity contribution in [3.8, 4) is 5.75 Å². The Morgan fingerprint density at radius 2 is 1.53 bits per heavy atom. The van der Waals surface area contributed by atoms with Crippen molar-refractivity contribution >= 4 is 23.5 Å². The summed E-state index contributed by atoms with van der Waals surface area (Å²) in [6, 6.07) is 12.4. The van der Waals surface area contributed by atoms with E-state index in [1.165, 1.54) is 0 Å². The van der Waals surface area contributed by atoms with E-state index in [0.29, 0.717) is 17.9 Å². The van der Waals surface area contributed by atoms with Crippen LogP contribution in [-0.4, -0.2) is 37.5 Å². The summed E-state index contributed by atoms with van der Waals surface area (Å²) in [5.41, 5.74) is 3.22. The van der Waals surface area contributed by atoms with Crippen LogP contribution in [0.25, 0.3) is 0 Å². The summed E-state index contributed by atoms with van der Waals surface area (Å²) in [6.07, 6.45) is 1.56. The number of anilines is 1. The Morgan fingerprint density at radius 1 is 0.900 bits per heavy atom. The molecule has 2 aromatic carbocycles. The van der Waals surface area contributed by atoms with E-state index in [-0.39, 0.29) is 6.54 Å². The lowest BCUT2D eigenvalue weighted by molar-refractivity contribution is -0.146. The number of aryl methyl sites for hydroxylation is 2. The molecule has 30 heavy (non-hydrogen) atoms. The molecule has 0 unspecified atom stereocenters. The van der Waals surface area contributed by atoms with E-state index in [4.69, 9.17) is 9.47 Å². The second kappa shape index (κ2) is 11.6. The Kier molecular flexibility index (Phi) is 8.87. The van der Waals surface area contributed by atoms with Gasteiger partial charge in [-0.15, -0.1) is 0 Å². The van der Waals surface area contributed by atoms with E-state index < -0.39 is 24.4 Å². The summed E-state index contributed by atoms with van der Waals surface area (Å²) >= 11 is 0. The molecule has 0 aliphatic heterocycles. The van der Waals surface area contributed by atoms with E-state index in [0.717, 1.165) is 29.7 Å². The zero-order valence-corrected chi connectivity index (χ0v) is 17.6. The Labute approximate surface area is 176 Å². The molecule has 0 heterocycles. The third kappa shape index (κ3) is 6.62. The number of nitrogens with one attached hydrogen (secondary N) is 2. The Morgan fingerprint density at radius 3 is 2.10 bits per heavy atom. The van der Waals surface area contributed by atoms with Crippen molar-refractivity contribution in [1.29, 1.82) is 0 Å². The summed E-state index contributed by atoms with van der Waals surface area (Å²) in [6.45, 7) is 5.69. The standard InChI is InChI=1S/C23H28N2O5/c1-4-16-8-7-9-17(5-2)22(16)25-20(26)15-30-21(27)14-24-23(28)18-10-12-19(13-11-18)29-6-3/h7-13H,4-6,14-15H2,1-3H3,(H,24,28)(H,25,26). The zero-order chi connectivity index (χ0) is 21.9. The molecule has 2 amide bonds. The van der Waals surface area contributed by atoms with Gasteiger partial charge in [0.2, 0.25) is 0 Å². The highest BCUT2D eigenvalue weighted by atomic mass is 16.5. The molecule has 0 spiro atoms. The van der Waals surface area contributed by atoms with Crippen molar-refractivity contribution in [3.05, 3.63) is 59.2 Å². The molecule has 0 fully saturated rings. The van der Waals surface area contributed by atoms with Crippen molar-refractivity contribution in [2.75, 3.05) is 25.1 Å². The number of esters is 1. The maximum absolute atomic E-state index is 12.2. The number of carbonyl (C=O) groups excluding carboxylic acids is 3. The van der Waals surface area contributed by atoms with Crippen LogP contribution in [-0.2, 0) is 27.2 Å². The van der Waals surface area contributed by atoms with E-state index in [1.54, 1.807) is 24.3 Å². The molecule has 0 atom stereocenters. The fraction of sp³-hybridized carbons (Fsp3) is 0.348. The maximum atomic E-state index is 12.2. The zero-order valence-electron chi connectivity index (χ0n) is 17.6. The quantitative estimate of drug-likeness (QED) is 0.585. The fourth-order valence-electron chi connectivity index (χ4n) is 2.90. The molecule has 0 bridgehead atoms. The highest BCUT2D eigenvalue weighted by Gasteiger charge is 2.13. The molecule has 7 heteroatoms. The molecule has 160 valence electrons. The first-order chi connectivity index (χ1) is 14.5. The van der Waals surface area contributed by atoms with Crippen molar-refractivity contribution in [2.45, 2.75) is 33.6 Å². The topological polar surface area (TPSA) is 93.7 Å². The van der Waals surface area contributed by atoms with Crippen LogP contribution in [0.3, 0.4) is 0 Å². The van der Waals surface area contributed by atoms with Crippen LogP contribution in [0.4, 0.5) is 5.69 Å². The minimum absolute atomic E-state index is 0.328. The van der Waals surface area contributed by atoms with Crippen LogP contribution in [0, 0.1) is 0 Å². The van der Waals surface area contributed by atoms with E-state index in [1.807, 2.05) is 39.0 Å². The van der Waals surface area contributed by atoms with Crippen molar-refractivity contribution in [1.82, 2.24) is 5.32 Å². The number of hydrogen-bond acceptors (Lipinski definition) is 5. The van der Waals surface area contributed by atoms with Gasteiger partial charge in [-0.05, 0) is 55.2 Å². The van der Waals surface area contributed by atoms with Crippen molar-refractivity contribution in [3.63, 3.8) is 0 Å². The number of hydrogen-bond donors (Lipinski definition) is 2. The van der Waals surface area contributed by atoms with Gasteiger partial charge >= 0.3 is 5.97 Å². The van der Waals surface area contributed by atoms with Gasteiger partial charge in [-0.25, -0.2) is 0 Å². The lowest BCUT2D eigenvalue weighted by Crippen LogP contribution is -2.32. The van der Waals surface area contributed by atoms with Crippen LogP contribution in [0.1, 0.15) is 42.3 Å². The first-order valence-corrected chi connectivity index (χ1v) is 10.1. The number of amides is 2. The van der Waals surface area contributed by atoms with Gasteiger partial charge in [0.25, 0.3) is 11.8 Å². The van der Waals surface area contributed by atoms with Gasteiger partial charge in [0.15, 0.2) is 6.61 Å². The minimum atomic E-state index is -0.691. The van der Waals surface area contributed by atoms with Crippen LogP contribution in [0.15, 0.2) is 42.5 Å². The molecule has 0 aliphatic carbocycles. The predicted octanol–water partition coefficient (Wildman–Crippen LogP) is 3.12. The smallest absolute Gasteiger partial charge is 0.325 e. The highest BCUT2D eigenvalue weighted by molar-refractivity contribution is 5.97. The monoisotopic (exact) mass is 412 g/mol. The third-order valence-corrected chi connectivity index (χ3v) is 4.45. The number of ether oxygens (including phenoxy) is 2. The van der Waals surface area contributed by atoms with E-state index >= 15 is 0 Å². The lowest BCUT2D eigenvalue weighted by Gasteiger charge is -2.14. The molecule has 0 aromatic heterocycles. The number of benzene rings is 2. The van der Waals surface area contributed by atoms with E-state index in [2.05, 4.69) is 10.6 Å². The normalized spacial score (nSPS) is 10.2. The summed E-state index contributed by atoms with van der Waals surface area (Å²) in [7, 11) is 0. The summed E-state index contributed by atoms with van der Waals surface area (Å²) in [4.78, 5) is 36.2. The average Bonchev–Trinajstić information content (AvgIpc) is 2.76. The van der Waals surface area contributed by atoms with E-state index in [9.17, 15) is 14.4 Å². The van der Waals surface area contributed by atoms with Crippen LogP contribution < -0.4 is 15.4 Å². The average molecular weight is 412 g/mol. The van der Waals surface area contributed by atoms with Crippen molar-refractivity contribution in [2.24, 2.45) is 0 Å². The predicted molar refractivity (Wildman–Crippen MR) is 115 cm³/mol. The van der Waals surface area contributed by atoms with Gasteiger partial charge in [-0.2, -0.15) is 0 Å². The second-order valence-electron chi connectivity index (χ2n) is 6.51. The molecule has 0 saturated carbocycles. The molecule has 2 rings (SSSR count). The first kappa shape index (κ1) is 22.9. The third-order valence-electron chi connectivity index (χ3n) is 4.45. The Balaban J connectivity index is 1.80.